The summed E-state index contributed by atoms with van der Waals surface area (Å²) in [5.74, 6) is 0.0269. The molecule has 2 nitrogen and oxygen atoms in total. The van der Waals surface area contributed by atoms with Gasteiger partial charge in [0.25, 0.3) is 0 Å². The first-order chi connectivity index (χ1) is 4.76. The van der Waals surface area contributed by atoms with Crippen LogP contribution in [0.3, 0.4) is 0 Å². The number of aliphatic hydroxyl groups is 1. The maximum absolute atomic E-state index is 8.97. The molecule has 0 saturated heterocycles. The van der Waals surface area contributed by atoms with Crippen LogP contribution in [0.25, 0.3) is 0 Å². The van der Waals surface area contributed by atoms with Crippen molar-refractivity contribution in [2.24, 2.45) is 0 Å². The van der Waals surface area contributed by atoms with Crippen LogP contribution < -0.4 is 0 Å². The molecular weight excluding hydrogens is 182 g/mol. The number of hydrogen-bond donors (Lipinski definition) is 2. The Labute approximate surface area is 74.1 Å². The minimum Gasteiger partial charge on any atom is -0.511 e. The molecule has 0 amide bonds. The van der Waals surface area contributed by atoms with Crippen molar-refractivity contribution in [1.82, 2.24) is 0 Å². The molecule has 0 aromatic carbocycles. The summed E-state index contributed by atoms with van der Waals surface area (Å²) in [7, 11) is -1.11. The van der Waals surface area contributed by atoms with E-state index < -0.39 is 10.0 Å². The van der Waals surface area contributed by atoms with Crippen LogP contribution >= 0.6 is 21.6 Å². The maximum Gasteiger partial charge on any atom is 0.110 e. The van der Waals surface area contributed by atoms with Gasteiger partial charge in [0.2, 0.25) is 0 Å². The highest BCUT2D eigenvalue weighted by Gasteiger charge is 2.16. The third-order valence-electron chi connectivity index (χ3n) is 1.13. The quantitative estimate of drug-likeness (QED) is 0.377. The van der Waals surface area contributed by atoms with Gasteiger partial charge in [-0.25, -0.2) is 10.0 Å². The average molecular weight is 196 g/mol. The molecule has 0 aromatic heterocycles. The average Bonchev–Trinajstić information content (AvgIpc) is 1.82. The van der Waals surface area contributed by atoms with Gasteiger partial charge in [-0.15, -0.1) is 0 Å². The topological polar surface area (TPSA) is 44.1 Å². The van der Waals surface area contributed by atoms with Gasteiger partial charge in [-0.05, 0) is 25.7 Å². The molecule has 0 aliphatic rings. The fourth-order valence-electron chi connectivity index (χ4n) is 0.433. The first-order valence-electron chi connectivity index (χ1n) is 3.09. The molecule has 0 spiro atoms. The molecule has 0 aliphatic carbocycles. The number of nitrogens with one attached hydrogen (secondary N) is 1. The lowest BCUT2D eigenvalue weighted by atomic mass is 10.5. The predicted molar refractivity (Wildman–Crippen MR) is 54.3 cm³/mol. The molecule has 0 radical (unpaired) electrons. The second kappa shape index (κ2) is 3.50. The Morgan fingerprint density at radius 1 is 1.36 bits per heavy atom. The Morgan fingerprint density at radius 2 is 1.73 bits per heavy atom. The second-order valence-corrected chi connectivity index (χ2v) is 7.53. The van der Waals surface area contributed by atoms with Crippen LogP contribution in [0.15, 0.2) is 10.8 Å². The molecule has 0 heterocycles. The largest absolute Gasteiger partial charge is 0.511 e. The third kappa shape index (κ3) is 3.16. The second-order valence-electron chi connectivity index (χ2n) is 3.07. The van der Waals surface area contributed by atoms with Crippen molar-refractivity contribution in [3.05, 3.63) is 10.8 Å². The van der Waals surface area contributed by atoms with Crippen molar-refractivity contribution in [2.45, 2.75) is 6.92 Å². The Hall–Kier alpha value is -0.150. The summed E-state index contributed by atoms with van der Waals surface area (Å²) in [5, 5.41) is 17.1. The van der Waals surface area contributed by atoms with Gasteiger partial charge in [-0.2, -0.15) is 0 Å². The van der Waals surface area contributed by atoms with Gasteiger partial charge >= 0.3 is 0 Å². The smallest absolute Gasteiger partial charge is 0.110 e. The molecule has 0 rings (SSSR count). The van der Waals surface area contributed by atoms with Crippen LogP contribution in [-0.4, -0.2) is 28.9 Å². The molecule has 11 heavy (non-hydrogen) atoms. The van der Waals surface area contributed by atoms with Crippen molar-refractivity contribution in [1.29, 1.82) is 5.41 Å². The van der Waals surface area contributed by atoms with E-state index in [2.05, 4.69) is 0 Å². The van der Waals surface area contributed by atoms with Crippen molar-refractivity contribution in [3.63, 3.8) is 0 Å². The van der Waals surface area contributed by atoms with Crippen molar-refractivity contribution < 1.29 is 5.11 Å². The van der Waals surface area contributed by atoms with Gasteiger partial charge in [0.1, 0.15) is 10.8 Å². The normalized spacial score (nSPS) is 15.7. The van der Waals surface area contributed by atoms with E-state index in [0.717, 1.165) is 0 Å². The number of allylic oxidation sites excluding steroid dienone is 1. The number of hydrogen-bond acceptors (Lipinski definition) is 2. The summed E-state index contributed by atoms with van der Waals surface area (Å²) in [6.45, 7) is 1.49. The molecule has 0 saturated carbocycles. The van der Waals surface area contributed by atoms with Crippen LogP contribution in [0.5, 0.6) is 0 Å². The van der Waals surface area contributed by atoms with Crippen molar-refractivity contribution in [3.8, 4) is 0 Å². The molecule has 66 valence electrons. The fraction of sp³-hybridized carbons (Fsp3) is 0.571. The molecule has 0 unspecified atom stereocenters. The summed E-state index contributed by atoms with van der Waals surface area (Å²) in [6.07, 6.45) is 5.88. The van der Waals surface area contributed by atoms with Gasteiger partial charge in [-0.1, -0.05) is 11.6 Å². The van der Waals surface area contributed by atoms with E-state index in [0.29, 0.717) is 5.04 Å². The highest BCUT2D eigenvalue weighted by molar-refractivity contribution is 8.44. The van der Waals surface area contributed by atoms with Crippen LogP contribution in [-0.2, 0) is 0 Å². The molecule has 0 aliphatic heterocycles. The van der Waals surface area contributed by atoms with Gasteiger partial charge in [-0.3, -0.25) is 5.41 Å². The van der Waals surface area contributed by atoms with Gasteiger partial charge in [0.15, 0.2) is 0 Å². The minimum absolute atomic E-state index is 0.0269. The SMILES string of the molecule is C/C(O)=C(\Cl)C(=N)S(C)(C)C. The standard InChI is InChI=1S/C7H14ClNOS/c1-5(10)6(8)7(9)11(2,3)4/h9-10H,1-4H3/b6-5+,9-7?. The van der Waals surface area contributed by atoms with Crippen molar-refractivity contribution >= 4 is 26.7 Å². The zero-order valence-electron chi connectivity index (χ0n) is 7.23. The predicted octanol–water partition coefficient (Wildman–Crippen LogP) is 2.69. The Kier molecular flexibility index (Phi) is 3.45. The lowest BCUT2D eigenvalue weighted by molar-refractivity contribution is 0.413. The number of halogens is 1. The van der Waals surface area contributed by atoms with Crippen LogP contribution in [0.1, 0.15) is 6.92 Å². The van der Waals surface area contributed by atoms with E-state index in [4.69, 9.17) is 22.1 Å². The molecule has 0 bridgehead atoms. The molecule has 2 N–H and O–H groups in total. The number of rotatable bonds is 1. The lowest BCUT2D eigenvalue weighted by Gasteiger charge is -2.25. The Balaban J connectivity index is 4.67. The number of aliphatic hydroxyl groups excluding tert-OH is 1. The van der Waals surface area contributed by atoms with Crippen LogP contribution in [0, 0.1) is 5.41 Å². The van der Waals surface area contributed by atoms with Gasteiger partial charge in [0, 0.05) is 0 Å². The molecule has 4 heteroatoms. The van der Waals surface area contributed by atoms with E-state index >= 15 is 0 Å². The summed E-state index contributed by atoms with van der Waals surface area (Å²) in [4.78, 5) is 0. The van der Waals surface area contributed by atoms with E-state index in [1.54, 1.807) is 0 Å². The summed E-state index contributed by atoms with van der Waals surface area (Å²) >= 11 is 5.68. The zero-order chi connectivity index (χ0) is 9.23. The highest BCUT2D eigenvalue weighted by Crippen LogP contribution is 2.40. The van der Waals surface area contributed by atoms with Crippen LogP contribution in [0.2, 0.25) is 0 Å². The fourth-order valence-corrected chi connectivity index (χ4v) is 1.81. The van der Waals surface area contributed by atoms with Gasteiger partial charge in [0.05, 0.1) is 5.04 Å². The van der Waals surface area contributed by atoms with Crippen LogP contribution in [0.4, 0.5) is 0 Å². The zero-order valence-corrected chi connectivity index (χ0v) is 8.81. The molecule has 0 aromatic rings. The van der Waals surface area contributed by atoms with E-state index in [1.165, 1.54) is 6.92 Å². The van der Waals surface area contributed by atoms with Gasteiger partial charge < -0.3 is 5.11 Å². The summed E-state index contributed by atoms with van der Waals surface area (Å²) in [5.41, 5.74) is 0. The molecule has 0 fully saturated rings. The summed E-state index contributed by atoms with van der Waals surface area (Å²) < 4.78 is 0. The lowest BCUT2D eigenvalue weighted by Crippen LogP contribution is -2.08. The van der Waals surface area contributed by atoms with Crippen molar-refractivity contribution in [2.75, 3.05) is 18.8 Å². The summed E-state index contributed by atoms with van der Waals surface area (Å²) in [6, 6.07) is 0. The molecular formula is C7H14ClNOS. The first-order valence-corrected chi connectivity index (χ1v) is 6.33. The monoisotopic (exact) mass is 195 g/mol. The Morgan fingerprint density at radius 3 is 1.82 bits per heavy atom. The Bertz CT molecular complexity index is 201. The van der Waals surface area contributed by atoms with E-state index in [9.17, 15) is 0 Å². The highest BCUT2D eigenvalue weighted by atomic mass is 35.5. The third-order valence-corrected chi connectivity index (χ3v) is 3.13. The minimum atomic E-state index is -1.11. The van der Waals surface area contributed by atoms with E-state index in [-0.39, 0.29) is 10.8 Å². The molecule has 0 atom stereocenters. The first kappa shape index (κ1) is 10.8. The maximum atomic E-state index is 8.97. The van der Waals surface area contributed by atoms with E-state index in [1.807, 2.05) is 18.8 Å².